The molecular formula is C11H16ClNO3. The van der Waals surface area contributed by atoms with Gasteiger partial charge < -0.3 is 20.3 Å². The van der Waals surface area contributed by atoms with E-state index >= 15 is 0 Å². The number of nitrogens with two attached hydrogens (primary N) is 1. The number of aliphatic hydroxyl groups excluding tert-OH is 1. The molecular weight excluding hydrogens is 230 g/mol. The van der Waals surface area contributed by atoms with Crippen molar-refractivity contribution in [3.8, 4) is 11.5 Å². The lowest BCUT2D eigenvalue weighted by Crippen LogP contribution is -2.12. The topological polar surface area (TPSA) is 64.7 Å². The van der Waals surface area contributed by atoms with Gasteiger partial charge in [-0.15, -0.1) is 0 Å². The summed E-state index contributed by atoms with van der Waals surface area (Å²) in [6.07, 6.45) is 0.478. The van der Waals surface area contributed by atoms with Gasteiger partial charge >= 0.3 is 0 Å². The Kier molecular flexibility index (Phi) is 4.86. The molecule has 0 spiro atoms. The molecule has 0 heterocycles. The van der Waals surface area contributed by atoms with Crippen molar-refractivity contribution in [2.45, 2.75) is 12.5 Å². The zero-order valence-electron chi connectivity index (χ0n) is 9.37. The summed E-state index contributed by atoms with van der Waals surface area (Å²) in [5.74, 6) is 1.03. The predicted molar refractivity (Wildman–Crippen MR) is 63.2 cm³/mol. The van der Waals surface area contributed by atoms with Crippen LogP contribution in [0.4, 0.5) is 0 Å². The molecule has 0 saturated heterocycles. The molecule has 1 atom stereocenters. The van der Waals surface area contributed by atoms with Crippen LogP contribution in [0, 0.1) is 0 Å². The summed E-state index contributed by atoms with van der Waals surface area (Å²) in [6, 6.07) is 3.23. The Hall–Kier alpha value is -0.970. The SMILES string of the molecule is COc1cc([C@H](N)CCO)cc(Cl)c1OC. The zero-order chi connectivity index (χ0) is 12.1. The third-order valence-corrected chi connectivity index (χ3v) is 2.60. The van der Waals surface area contributed by atoms with E-state index in [9.17, 15) is 0 Å². The smallest absolute Gasteiger partial charge is 0.179 e. The number of hydrogen-bond acceptors (Lipinski definition) is 4. The predicted octanol–water partition coefficient (Wildman–Crippen LogP) is 1.74. The molecule has 0 radical (unpaired) electrons. The highest BCUT2D eigenvalue weighted by Crippen LogP contribution is 2.37. The molecule has 4 nitrogen and oxygen atoms in total. The Morgan fingerprint density at radius 1 is 1.38 bits per heavy atom. The van der Waals surface area contributed by atoms with Gasteiger partial charge in [0.15, 0.2) is 11.5 Å². The molecule has 90 valence electrons. The van der Waals surface area contributed by atoms with E-state index in [-0.39, 0.29) is 12.6 Å². The largest absolute Gasteiger partial charge is 0.493 e. The molecule has 1 rings (SSSR count). The molecule has 0 saturated carbocycles. The van der Waals surface area contributed by atoms with Gasteiger partial charge in [-0.2, -0.15) is 0 Å². The molecule has 5 heteroatoms. The summed E-state index contributed by atoms with van der Waals surface area (Å²) in [6.45, 7) is 0.0349. The number of hydrogen-bond donors (Lipinski definition) is 2. The van der Waals surface area contributed by atoms with E-state index in [1.165, 1.54) is 14.2 Å². The molecule has 0 bridgehead atoms. The Bertz CT molecular complexity index is 357. The summed E-state index contributed by atoms with van der Waals surface area (Å²) < 4.78 is 10.3. The van der Waals surface area contributed by atoms with Crippen LogP contribution in [0.15, 0.2) is 12.1 Å². The van der Waals surface area contributed by atoms with Crippen LogP contribution < -0.4 is 15.2 Å². The van der Waals surface area contributed by atoms with Crippen molar-refractivity contribution in [2.24, 2.45) is 5.73 Å². The Labute approximate surface area is 99.9 Å². The molecule has 3 N–H and O–H groups in total. The van der Waals surface area contributed by atoms with E-state index in [2.05, 4.69) is 0 Å². The molecule has 0 fully saturated rings. The number of rotatable bonds is 5. The maximum Gasteiger partial charge on any atom is 0.179 e. The minimum Gasteiger partial charge on any atom is -0.493 e. The molecule has 0 aliphatic heterocycles. The van der Waals surface area contributed by atoms with E-state index < -0.39 is 0 Å². The number of ether oxygens (including phenoxy) is 2. The van der Waals surface area contributed by atoms with Gasteiger partial charge in [0.05, 0.1) is 19.2 Å². The van der Waals surface area contributed by atoms with E-state index in [1.807, 2.05) is 0 Å². The monoisotopic (exact) mass is 245 g/mol. The van der Waals surface area contributed by atoms with Gasteiger partial charge in [-0.25, -0.2) is 0 Å². The molecule has 0 unspecified atom stereocenters. The lowest BCUT2D eigenvalue weighted by molar-refractivity contribution is 0.276. The van der Waals surface area contributed by atoms with Gasteiger partial charge in [-0.3, -0.25) is 0 Å². The van der Waals surface area contributed by atoms with E-state index in [0.717, 1.165) is 5.56 Å². The first-order valence-corrected chi connectivity index (χ1v) is 5.29. The quantitative estimate of drug-likeness (QED) is 0.829. The third kappa shape index (κ3) is 2.78. The zero-order valence-corrected chi connectivity index (χ0v) is 10.1. The first-order chi connectivity index (χ1) is 7.63. The van der Waals surface area contributed by atoms with Gasteiger partial charge in [0.25, 0.3) is 0 Å². The van der Waals surface area contributed by atoms with E-state index in [4.69, 9.17) is 31.9 Å². The fourth-order valence-electron chi connectivity index (χ4n) is 1.46. The second kappa shape index (κ2) is 5.94. The normalized spacial score (nSPS) is 12.3. The van der Waals surface area contributed by atoms with Gasteiger partial charge in [0, 0.05) is 12.6 Å². The van der Waals surface area contributed by atoms with Gasteiger partial charge in [0.2, 0.25) is 0 Å². The van der Waals surface area contributed by atoms with Gasteiger partial charge in [-0.1, -0.05) is 11.6 Å². The molecule has 0 aromatic heterocycles. The maximum absolute atomic E-state index is 8.83. The Morgan fingerprint density at radius 2 is 2.06 bits per heavy atom. The average molecular weight is 246 g/mol. The van der Waals surface area contributed by atoms with E-state index in [0.29, 0.717) is 22.9 Å². The fraction of sp³-hybridized carbons (Fsp3) is 0.455. The lowest BCUT2D eigenvalue weighted by atomic mass is 10.0. The number of benzene rings is 1. The van der Waals surface area contributed by atoms with Crippen molar-refractivity contribution >= 4 is 11.6 Å². The summed E-state index contributed by atoms with van der Waals surface area (Å²) in [4.78, 5) is 0. The van der Waals surface area contributed by atoms with Crippen LogP contribution >= 0.6 is 11.6 Å². The highest BCUT2D eigenvalue weighted by Gasteiger charge is 2.14. The van der Waals surface area contributed by atoms with Crippen molar-refractivity contribution in [1.29, 1.82) is 0 Å². The first kappa shape index (κ1) is 13.1. The Balaban J connectivity index is 3.09. The molecule has 0 amide bonds. The standard InChI is InChI=1S/C11H16ClNO3/c1-15-10-6-7(9(13)3-4-14)5-8(12)11(10)16-2/h5-6,9,14H,3-4,13H2,1-2H3/t9-/m1/s1. The fourth-order valence-corrected chi connectivity index (χ4v) is 1.75. The number of methoxy groups -OCH3 is 2. The second-order valence-corrected chi connectivity index (χ2v) is 3.76. The lowest BCUT2D eigenvalue weighted by Gasteiger charge is -2.15. The van der Waals surface area contributed by atoms with Crippen molar-refractivity contribution in [3.05, 3.63) is 22.7 Å². The van der Waals surface area contributed by atoms with Crippen molar-refractivity contribution < 1.29 is 14.6 Å². The molecule has 0 aliphatic rings. The van der Waals surface area contributed by atoms with Gasteiger partial charge in [-0.05, 0) is 24.1 Å². The molecule has 1 aromatic carbocycles. The minimum absolute atomic E-state index is 0.0349. The third-order valence-electron chi connectivity index (χ3n) is 2.32. The Morgan fingerprint density at radius 3 is 2.56 bits per heavy atom. The minimum atomic E-state index is -0.262. The van der Waals surface area contributed by atoms with Crippen molar-refractivity contribution in [3.63, 3.8) is 0 Å². The van der Waals surface area contributed by atoms with Crippen molar-refractivity contribution in [1.82, 2.24) is 0 Å². The molecule has 0 aliphatic carbocycles. The number of halogens is 1. The van der Waals surface area contributed by atoms with Crippen LogP contribution in [-0.4, -0.2) is 25.9 Å². The van der Waals surface area contributed by atoms with E-state index in [1.54, 1.807) is 12.1 Å². The molecule has 1 aromatic rings. The summed E-state index contributed by atoms with van der Waals surface area (Å²) in [5, 5.41) is 9.27. The maximum atomic E-state index is 8.83. The van der Waals surface area contributed by atoms with Crippen LogP contribution in [0.5, 0.6) is 11.5 Å². The summed E-state index contributed by atoms with van der Waals surface area (Å²) in [7, 11) is 3.06. The van der Waals surface area contributed by atoms with Crippen molar-refractivity contribution in [2.75, 3.05) is 20.8 Å². The average Bonchev–Trinajstić information content (AvgIpc) is 2.28. The summed E-state index contributed by atoms with van der Waals surface area (Å²) in [5.41, 5.74) is 6.69. The van der Waals surface area contributed by atoms with Crippen LogP contribution in [0.25, 0.3) is 0 Å². The highest BCUT2D eigenvalue weighted by atomic mass is 35.5. The first-order valence-electron chi connectivity index (χ1n) is 4.91. The van der Waals surface area contributed by atoms with Crippen LogP contribution in [0.2, 0.25) is 5.02 Å². The van der Waals surface area contributed by atoms with Crippen LogP contribution in [0.3, 0.4) is 0 Å². The van der Waals surface area contributed by atoms with Crippen LogP contribution in [0.1, 0.15) is 18.0 Å². The molecule has 16 heavy (non-hydrogen) atoms. The van der Waals surface area contributed by atoms with Crippen LogP contribution in [-0.2, 0) is 0 Å². The number of aliphatic hydroxyl groups is 1. The second-order valence-electron chi connectivity index (χ2n) is 3.36. The summed E-state index contributed by atoms with van der Waals surface area (Å²) >= 11 is 6.03. The highest BCUT2D eigenvalue weighted by molar-refractivity contribution is 6.32. The van der Waals surface area contributed by atoms with Gasteiger partial charge in [0.1, 0.15) is 0 Å².